The van der Waals surface area contributed by atoms with Crippen molar-refractivity contribution in [1.29, 1.82) is 0 Å². The lowest BCUT2D eigenvalue weighted by Gasteiger charge is -2.30. The van der Waals surface area contributed by atoms with Crippen molar-refractivity contribution in [3.8, 4) is 0 Å². The molecule has 0 aliphatic heterocycles. The van der Waals surface area contributed by atoms with Gasteiger partial charge in [0.15, 0.2) is 0 Å². The number of hydrogen-bond donors (Lipinski definition) is 2. The Bertz CT molecular complexity index is 489. The van der Waals surface area contributed by atoms with Gasteiger partial charge in [0, 0.05) is 17.6 Å². The normalized spacial score (nSPS) is 15.4. The zero-order chi connectivity index (χ0) is 16.3. The second-order valence-electron chi connectivity index (χ2n) is 6.25. The Hall–Kier alpha value is -0.620. The molecule has 0 saturated heterocycles. The molecule has 126 valence electrons. The fraction of sp³-hybridized carbons (Fsp3) is 0.562. The number of rotatable bonds is 6. The summed E-state index contributed by atoms with van der Waals surface area (Å²) in [5.41, 5.74) is 5.65. The van der Waals surface area contributed by atoms with Crippen LogP contribution >= 0.6 is 28.3 Å². The van der Waals surface area contributed by atoms with Crippen LogP contribution in [0.1, 0.15) is 39.7 Å². The van der Waals surface area contributed by atoms with Gasteiger partial charge in [0.05, 0.1) is 5.60 Å². The molecule has 0 heterocycles. The Balaban J connectivity index is 0.00000441. The van der Waals surface area contributed by atoms with E-state index in [4.69, 9.17) is 10.5 Å². The lowest BCUT2D eigenvalue weighted by atomic mass is 9.91. The van der Waals surface area contributed by atoms with Crippen LogP contribution in [-0.2, 0) is 15.1 Å². The van der Waals surface area contributed by atoms with Gasteiger partial charge in [0.1, 0.15) is 5.54 Å². The molecule has 1 aromatic carbocycles. The van der Waals surface area contributed by atoms with Crippen LogP contribution in [0.4, 0.5) is 0 Å². The highest BCUT2D eigenvalue weighted by Gasteiger charge is 2.32. The first-order chi connectivity index (χ1) is 9.58. The molecule has 22 heavy (non-hydrogen) atoms. The minimum Gasteiger partial charge on any atom is -0.379 e. The van der Waals surface area contributed by atoms with E-state index in [2.05, 4.69) is 21.2 Å². The van der Waals surface area contributed by atoms with Crippen LogP contribution in [0.2, 0.25) is 0 Å². The molecular weight excluding hydrogens is 368 g/mol. The van der Waals surface area contributed by atoms with Crippen molar-refractivity contribution in [1.82, 2.24) is 5.32 Å². The molecule has 0 aromatic heterocycles. The van der Waals surface area contributed by atoms with Crippen LogP contribution in [0, 0.1) is 0 Å². The van der Waals surface area contributed by atoms with Gasteiger partial charge in [-0.1, -0.05) is 28.1 Å². The lowest BCUT2D eigenvalue weighted by molar-refractivity contribution is -0.127. The van der Waals surface area contributed by atoms with Gasteiger partial charge < -0.3 is 15.8 Å². The molecule has 1 aromatic rings. The molecule has 0 aliphatic rings. The Morgan fingerprint density at radius 2 is 1.82 bits per heavy atom. The summed E-state index contributed by atoms with van der Waals surface area (Å²) in [5, 5.41) is 2.97. The van der Waals surface area contributed by atoms with Gasteiger partial charge >= 0.3 is 0 Å². The molecule has 0 saturated carbocycles. The van der Waals surface area contributed by atoms with Crippen molar-refractivity contribution in [3.63, 3.8) is 0 Å². The predicted molar refractivity (Wildman–Crippen MR) is 96.2 cm³/mol. The Labute approximate surface area is 147 Å². The van der Waals surface area contributed by atoms with Crippen LogP contribution in [-0.4, -0.2) is 24.7 Å². The van der Waals surface area contributed by atoms with Crippen molar-refractivity contribution in [3.05, 3.63) is 34.3 Å². The van der Waals surface area contributed by atoms with Gasteiger partial charge in [0.2, 0.25) is 5.91 Å². The van der Waals surface area contributed by atoms with Gasteiger partial charge in [-0.2, -0.15) is 0 Å². The van der Waals surface area contributed by atoms with Gasteiger partial charge in [0.25, 0.3) is 0 Å². The number of ether oxygens (including phenoxy) is 1. The topological polar surface area (TPSA) is 64.3 Å². The van der Waals surface area contributed by atoms with Crippen molar-refractivity contribution in [2.75, 3.05) is 7.11 Å². The van der Waals surface area contributed by atoms with Crippen molar-refractivity contribution < 1.29 is 9.53 Å². The second-order valence-corrected chi connectivity index (χ2v) is 7.17. The second kappa shape index (κ2) is 8.29. The van der Waals surface area contributed by atoms with E-state index in [9.17, 15) is 4.79 Å². The standard InChI is InChI=1S/C16H25BrN2O2.ClH/c1-11(10-15(2,3)21-5)19-14(20)16(4,18)12-6-8-13(17)9-7-12;/h6-9,11H,10,18H2,1-5H3,(H,19,20);1H. The maximum Gasteiger partial charge on any atom is 0.244 e. The minimum atomic E-state index is -1.06. The maximum absolute atomic E-state index is 12.4. The molecule has 1 rings (SSSR count). The van der Waals surface area contributed by atoms with Crippen LogP contribution in [0.5, 0.6) is 0 Å². The van der Waals surface area contributed by atoms with Gasteiger partial charge in [-0.15, -0.1) is 12.4 Å². The number of nitrogens with two attached hydrogens (primary N) is 1. The smallest absolute Gasteiger partial charge is 0.244 e. The van der Waals surface area contributed by atoms with E-state index in [1.54, 1.807) is 14.0 Å². The highest BCUT2D eigenvalue weighted by atomic mass is 79.9. The zero-order valence-corrected chi connectivity index (χ0v) is 16.2. The molecular formula is C16H26BrClN2O2. The molecule has 2 atom stereocenters. The Morgan fingerprint density at radius 1 is 1.32 bits per heavy atom. The summed E-state index contributed by atoms with van der Waals surface area (Å²) in [5.74, 6) is -0.191. The fourth-order valence-electron chi connectivity index (χ4n) is 2.17. The van der Waals surface area contributed by atoms with Crippen molar-refractivity contribution >= 4 is 34.2 Å². The molecule has 0 radical (unpaired) electrons. The number of carbonyl (C=O) groups excluding carboxylic acids is 1. The predicted octanol–water partition coefficient (Wildman–Crippen LogP) is 3.36. The van der Waals surface area contributed by atoms with E-state index in [1.807, 2.05) is 45.0 Å². The third-order valence-corrected chi connectivity index (χ3v) is 4.17. The Kier molecular flexibility index (Phi) is 8.06. The molecule has 3 N–H and O–H groups in total. The SMILES string of the molecule is COC(C)(C)CC(C)NC(=O)C(C)(N)c1ccc(Br)cc1.Cl. The summed E-state index contributed by atoms with van der Waals surface area (Å²) < 4.78 is 6.34. The Morgan fingerprint density at radius 3 is 2.27 bits per heavy atom. The summed E-state index contributed by atoms with van der Waals surface area (Å²) in [6.45, 7) is 7.66. The molecule has 0 fully saturated rings. The molecule has 1 amide bonds. The maximum atomic E-state index is 12.4. The number of halogens is 2. The monoisotopic (exact) mass is 392 g/mol. The van der Waals surface area contributed by atoms with E-state index in [1.165, 1.54) is 0 Å². The first kappa shape index (κ1) is 21.4. The van der Waals surface area contributed by atoms with Crippen LogP contribution in [0.25, 0.3) is 0 Å². The summed E-state index contributed by atoms with van der Waals surface area (Å²) in [6, 6.07) is 7.45. The number of nitrogens with one attached hydrogen (secondary N) is 1. The highest BCUT2D eigenvalue weighted by Crippen LogP contribution is 2.22. The first-order valence-electron chi connectivity index (χ1n) is 6.99. The van der Waals surface area contributed by atoms with E-state index >= 15 is 0 Å². The summed E-state index contributed by atoms with van der Waals surface area (Å²) >= 11 is 3.38. The van der Waals surface area contributed by atoms with E-state index in [0.717, 1.165) is 10.0 Å². The number of hydrogen-bond acceptors (Lipinski definition) is 3. The molecule has 0 spiro atoms. The third kappa shape index (κ3) is 5.88. The summed E-state index contributed by atoms with van der Waals surface area (Å²) in [7, 11) is 1.67. The summed E-state index contributed by atoms with van der Waals surface area (Å²) in [4.78, 5) is 12.4. The molecule has 0 aliphatic carbocycles. The molecule has 2 unspecified atom stereocenters. The number of benzene rings is 1. The highest BCUT2D eigenvalue weighted by molar-refractivity contribution is 9.10. The minimum absolute atomic E-state index is 0. The quantitative estimate of drug-likeness (QED) is 0.779. The van der Waals surface area contributed by atoms with Crippen molar-refractivity contribution in [2.45, 2.75) is 51.3 Å². The van der Waals surface area contributed by atoms with E-state index in [0.29, 0.717) is 6.42 Å². The fourth-order valence-corrected chi connectivity index (χ4v) is 2.44. The zero-order valence-electron chi connectivity index (χ0n) is 13.8. The lowest BCUT2D eigenvalue weighted by Crippen LogP contribution is -2.52. The molecule has 4 nitrogen and oxygen atoms in total. The van der Waals surface area contributed by atoms with E-state index < -0.39 is 5.54 Å². The van der Waals surface area contributed by atoms with Gasteiger partial charge in [-0.05, 0) is 51.8 Å². The van der Waals surface area contributed by atoms with E-state index in [-0.39, 0.29) is 30.0 Å². The molecule has 6 heteroatoms. The first-order valence-corrected chi connectivity index (χ1v) is 7.79. The van der Waals surface area contributed by atoms with Crippen LogP contribution in [0.3, 0.4) is 0 Å². The van der Waals surface area contributed by atoms with Crippen LogP contribution < -0.4 is 11.1 Å². The van der Waals surface area contributed by atoms with Gasteiger partial charge in [-0.25, -0.2) is 0 Å². The number of methoxy groups -OCH3 is 1. The average molecular weight is 394 g/mol. The van der Waals surface area contributed by atoms with Crippen LogP contribution in [0.15, 0.2) is 28.7 Å². The van der Waals surface area contributed by atoms with Gasteiger partial charge in [-0.3, -0.25) is 4.79 Å². The summed E-state index contributed by atoms with van der Waals surface area (Å²) in [6.07, 6.45) is 0.714. The number of carbonyl (C=O) groups is 1. The third-order valence-electron chi connectivity index (χ3n) is 3.64. The average Bonchev–Trinajstić information content (AvgIpc) is 2.38. The molecule has 0 bridgehead atoms. The van der Waals surface area contributed by atoms with Crippen molar-refractivity contribution in [2.24, 2.45) is 5.73 Å². The number of amides is 1. The largest absolute Gasteiger partial charge is 0.379 e.